The molecule has 0 bridgehead atoms. The van der Waals surface area contributed by atoms with Crippen LogP contribution in [0.25, 0.3) is 0 Å². The number of epoxide rings is 1. The van der Waals surface area contributed by atoms with Gasteiger partial charge in [-0.3, -0.25) is 4.79 Å². The summed E-state index contributed by atoms with van der Waals surface area (Å²) in [5.41, 5.74) is -0.702. The molecule has 0 aromatic heterocycles. The summed E-state index contributed by atoms with van der Waals surface area (Å²) in [4.78, 5) is 36.8. The molecule has 1 N–H and O–H groups in total. The second kappa shape index (κ2) is 6.40. The van der Waals surface area contributed by atoms with E-state index < -0.39 is 46.9 Å². The summed E-state index contributed by atoms with van der Waals surface area (Å²) in [6.45, 7) is 10.1. The molecule has 1 spiro atoms. The number of ether oxygens (including phenoxy) is 4. The zero-order valence-corrected chi connectivity index (χ0v) is 18.1. The van der Waals surface area contributed by atoms with Gasteiger partial charge in [-0.1, -0.05) is 19.9 Å². The highest BCUT2D eigenvalue weighted by Crippen LogP contribution is 2.71. The molecule has 8 heteroatoms. The van der Waals surface area contributed by atoms with E-state index in [9.17, 15) is 19.5 Å². The quantitative estimate of drug-likeness (QED) is 0.319. The highest BCUT2D eigenvalue weighted by atomic mass is 16.7. The molecule has 8 nitrogen and oxygen atoms in total. The van der Waals surface area contributed by atoms with Crippen LogP contribution in [0, 0.1) is 11.3 Å². The van der Waals surface area contributed by atoms with Crippen LogP contribution in [0.5, 0.6) is 0 Å². The van der Waals surface area contributed by atoms with Gasteiger partial charge in [0, 0.05) is 42.2 Å². The van der Waals surface area contributed by atoms with Crippen molar-refractivity contribution in [2.24, 2.45) is 11.3 Å². The highest BCUT2D eigenvalue weighted by molar-refractivity contribution is 5.93. The van der Waals surface area contributed by atoms with Gasteiger partial charge in [-0.2, -0.15) is 0 Å². The summed E-state index contributed by atoms with van der Waals surface area (Å²) in [6.07, 6.45) is 0.453. The summed E-state index contributed by atoms with van der Waals surface area (Å²) in [7, 11) is 0. The number of aliphatic hydroxyl groups is 1. The molecule has 0 aromatic rings. The molecule has 2 heterocycles. The van der Waals surface area contributed by atoms with Gasteiger partial charge in [-0.15, -0.1) is 0 Å². The van der Waals surface area contributed by atoms with Crippen molar-refractivity contribution in [3.8, 4) is 0 Å². The number of carbonyl (C=O) groups excluding carboxylic acids is 3. The van der Waals surface area contributed by atoms with Crippen LogP contribution in [0.15, 0.2) is 22.8 Å². The Morgan fingerprint density at radius 2 is 1.93 bits per heavy atom. The van der Waals surface area contributed by atoms with Crippen molar-refractivity contribution in [1.82, 2.24) is 0 Å². The van der Waals surface area contributed by atoms with E-state index in [1.54, 1.807) is 26.8 Å². The van der Waals surface area contributed by atoms with Gasteiger partial charge >= 0.3 is 17.9 Å². The fourth-order valence-corrected chi connectivity index (χ4v) is 5.65. The summed E-state index contributed by atoms with van der Waals surface area (Å²) in [6, 6.07) is 0. The second-order valence-electron chi connectivity index (χ2n) is 9.10. The Hall–Kier alpha value is -2.19. The van der Waals surface area contributed by atoms with Crippen molar-refractivity contribution in [2.75, 3.05) is 0 Å². The fraction of sp³-hybridized carbons (Fsp3) is 0.682. The Kier molecular flexibility index (Phi) is 4.50. The SMILES string of the molecule is C/C=C(/C)C(=O)O[C@H]1C[C@H]2O[C@]23C[C@@]2(O)OC(=O)C(C)=C2[C@@H](OC(C)=O)[C@]3(C)[C@H]1C. The van der Waals surface area contributed by atoms with Gasteiger partial charge in [0.15, 0.2) is 0 Å². The zero-order valence-electron chi connectivity index (χ0n) is 18.1. The molecule has 30 heavy (non-hydrogen) atoms. The van der Waals surface area contributed by atoms with E-state index in [0.29, 0.717) is 12.0 Å². The smallest absolute Gasteiger partial charge is 0.336 e. The van der Waals surface area contributed by atoms with Crippen LogP contribution in [0.1, 0.15) is 54.4 Å². The maximum absolute atomic E-state index is 12.4. The summed E-state index contributed by atoms with van der Waals surface area (Å²) < 4.78 is 23.0. The number of carbonyl (C=O) groups is 3. The molecule has 4 rings (SSSR count). The predicted molar refractivity (Wildman–Crippen MR) is 103 cm³/mol. The molecule has 0 unspecified atom stereocenters. The van der Waals surface area contributed by atoms with Crippen molar-refractivity contribution >= 4 is 17.9 Å². The monoisotopic (exact) mass is 420 g/mol. The molecule has 2 aliphatic carbocycles. The third-order valence-corrected chi connectivity index (χ3v) is 7.68. The molecule has 2 saturated carbocycles. The van der Waals surface area contributed by atoms with Gasteiger partial charge in [0.1, 0.15) is 17.8 Å². The van der Waals surface area contributed by atoms with Crippen molar-refractivity contribution in [3.63, 3.8) is 0 Å². The average molecular weight is 420 g/mol. The van der Waals surface area contributed by atoms with Crippen LogP contribution in [-0.4, -0.2) is 52.7 Å². The number of hydrogen-bond donors (Lipinski definition) is 1. The third kappa shape index (κ3) is 2.56. The molecule has 164 valence electrons. The van der Waals surface area contributed by atoms with Crippen molar-refractivity contribution in [2.45, 2.75) is 84.1 Å². The van der Waals surface area contributed by atoms with Gasteiger partial charge in [0.05, 0.1) is 11.7 Å². The summed E-state index contributed by atoms with van der Waals surface area (Å²) in [5, 5.41) is 11.2. The van der Waals surface area contributed by atoms with Crippen molar-refractivity contribution < 1.29 is 38.4 Å². The minimum atomic E-state index is -1.87. The van der Waals surface area contributed by atoms with Crippen LogP contribution >= 0.6 is 0 Å². The molecule has 1 saturated heterocycles. The number of hydrogen-bond acceptors (Lipinski definition) is 8. The van der Waals surface area contributed by atoms with Crippen LogP contribution in [0.4, 0.5) is 0 Å². The first kappa shape index (κ1) is 21.1. The molecule has 2 aliphatic heterocycles. The van der Waals surface area contributed by atoms with E-state index in [-0.39, 0.29) is 29.6 Å². The van der Waals surface area contributed by atoms with E-state index in [4.69, 9.17) is 18.9 Å². The summed E-state index contributed by atoms with van der Waals surface area (Å²) in [5.74, 6) is -3.75. The van der Waals surface area contributed by atoms with Gasteiger partial charge in [0.25, 0.3) is 0 Å². The van der Waals surface area contributed by atoms with Crippen molar-refractivity contribution in [3.05, 3.63) is 22.8 Å². The minimum Gasteiger partial charge on any atom is -0.459 e. The van der Waals surface area contributed by atoms with E-state index in [1.807, 2.05) is 13.8 Å². The molecular weight excluding hydrogens is 392 g/mol. The van der Waals surface area contributed by atoms with Gasteiger partial charge in [-0.05, 0) is 20.8 Å². The highest BCUT2D eigenvalue weighted by Gasteiger charge is 2.82. The van der Waals surface area contributed by atoms with E-state index in [2.05, 4.69) is 0 Å². The Bertz CT molecular complexity index is 903. The predicted octanol–water partition coefficient (Wildman–Crippen LogP) is 1.95. The Morgan fingerprint density at radius 3 is 2.53 bits per heavy atom. The molecule has 7 atom stereocenters. The molecule has 0 amide bonds. The lowest BCUT2D eigenvalue weighted by molar-refractivity contribution is -0.232. The standard InChI is InChI=1S/C22H28O8/c1-7-10(2)18(24)28-14-8-15-21(29-15)9-22(26)16(11(3)19(25)30-22)17(27-13(5)23)20(21,6)12(14)4/h7,12,14-15,17,26H,8-9H2,1-6H3/b10-7-/t12-,14-,15+,17+,20-,21+,22+/m0/s1. The Morgan fingerprint density at radius 1 is 1.27 bits per heavy atom. The average Bonchev–Trinajstić information content (AvgIpc) is 3.30. The number of fused-ring (bicyclic) bond motifs is 1. The number of allylic oxidation sites excluding steroid dienone is 1. The second-order valence-corrected chi connectivity index (χ2v) is 9.10. The number of esters is 3. The maximum Gasteiger partial charge on any atom is 0.336 e. The van der Waals surface area contributed by atoms with Crippen molar-refractivity contribution in [1.29, 1.82) is 0 Å². The lowest BCUT2D eigenvalue weighted by Crippen LogP contribution is -2.66. The Labute approximate surface area is 175 Å². The largest absolute Gasteiger partial charge is 0.459 e. The first-order valence-corrected chi connectivity index (χ1v) is 10.3. The lowest BCUT2D eigenvalue weighted by Gasteiger charge is -2.55. The van der Waals surface area contributed by atoms with E-state index in [1.165, 1.54) is 6.92 Å². The topological polar surface area (TPSA) is 112 Å². The Balaban J connectivity index is 1.79. The number of rotatable bonds is 3. The van der Waals surface area contributed by atoms with Gasteiger partial charge in [-0.25, -0.2) is 9.59 Å². The minimum absolute atomic E-state index is 0.0518. The van der Waals surface area contributed by atoms with Crippen LogP contribution in [0.2, 0.25) is 0 Å². The lowest BCUT2D eigenvalue weighted by atomic mass is 9.51. The molecule has 0 aromatic carbocycles. The molecular formula is C22H28O8. The third-order valence-electron chi connectivity index (χ3n) is 7.68. The molecule has 4 aliphatic rings. The fourth-order valence-electron chi connectivity index (χ4n) is 5.65. The normalized spacial score (nSPS) is 44.5. The zero-order chi connectivity index (χ0) is 22.2. The summed E-state index contributed by atoms with van der Waals surface area (Å²) >= 11 is 0. The van der Waals surface area contributed by atoms with E-state index in [0.717, 1.165) is 0 Å². The van der Waals surface area contributed by atoms with Gasteiger partial charge in [0.2, 0.25) is 5.79 Å². The maximum atomic E-state index is 12.4. The molecule has 0 radical (unpaired) electrons. The van der Waals surface area contributed by atoms with Gasteiger partial charge < -0.3 is 24.1 Å². The first-order chi connectivity index (χ1) is 13.9. The van der Waals surface area contributed by atoms with Crippen LogP contribution in [-0.2, 0) is 33.3 Å². The van der Waals surface area contributed by atoms with Crippen LogP contribution < -0.4 is 0 Å². The van der Waals surface area contributed by atoms with Crippen LogP contribution in [0.3, 0.4) is 0 Å². The van der Waals surface area contributed by atoms with E-state index >= 15 is 0 Å². The first-order valence-electron chi connectivity index (χ1n) is 10.3. The molecule has 3 fully saturated rings.